The Morgan fingerprint density at radius 2 is 1.90 bits per heavy atom. The maximum absolute atomic E-state index is 17.3. The summed E-state index contributed by atoms with van der Waals surface area (Å²) < 4.78 is 53.3. The number of halogens is 3. The molecule has 4 aliphatic rings. The number of aromatic hydroxyl groups is 1. The molecule has 8 rings (SSSR count). The summed E-state index contributed by atoms with van der Waals surface area (Å²) in [5, 5.41) is 15.4. The lowest BCUT2D eigenvalue weighted by Crippen LogP contribution is -2.51. The van der Waals surface area contributed by atoms with Crippen molar-refractivity contribution >= 4 is 27.5 Å². The van der Waals surface area contributed by atoms with Crippen LogP contribution in [0, 0.1) is 35.8 Å². The SMILES string of the molecule is C#Cc1c(F)ccc2cc(O)cc(-c3nc(C#CCN(C)C)c4c(N5CC6CCC(C5)N6)nc(OC[C@@]56CCCN5C[C@H](F)C6)nc4c3F)c12. The Morgan fingerprint density at radius 1 is 1.10 bits per heavy atom. The fourth-order valence-electron chi connectivity index (χ4n) is 8.35. The van der Waals surface area contributed by atoms with Crippen LogP contribution in [0.4, 0.5) is 19.0 Å². The molecule has 12 heteroatoms. The molecule has 6 heterocycles. The molecule has 258 valence electrons. The number of aromatic nitrogens is 3. The van der Waals surface area contributed by atoms with Gasteiger partial charge in [-0.2, -0.15) is 9.97 Å². The third-order valence-electron chi connectivity index (χ3n) is 10.5. The highest BCUT2D eigenvalue weighted by molar-refractivity contribution is 6.04. The van der Waals surface area contributed by atoms with Gasteiger partial charge in [-0.15, -0.1) is 6.42 Å². The van der Waals surface area contributed by atoms with E-state index in [1.54, 1.807) is 0 Å². The minimum absolute atomic E-state index is 0.0266. The maximum atomic E-state index is 17.3. The summed E-state index contributed by atoms with van der Waals surface area (Å²) in [4.78, 5) is 20.5. The fraction of sp³-hybridized carbons (Fsp3) is 0.447. The average Bonchev–Trinajstić information content (AvgIpc) is 3.74. The molecule has 4 fully saturated rings. The number of fused-ring (bicyclic) bond motifs is 5. The number of benzene rings is 2. The summed E-state index contributed by atoms with van der Waals surface area (Å²) in [6.45, 7) is 3.02. The first kappa shape index (κ1) is 32.6. The van der Waals surface area contributed by atoms with Crippen LogP contribution < -0.4 is 15.0 Å². The first-order chi connectivity index (χ1) is 24.1. The Bertz CT molecular complexity index is 2110. The predicted molar refractivity (Wildman–Crippen MR) is 186 cm³/mol. The number of alkyl halides is 1. The monoisotopic (exact) mass is 681 g/mol. The molecule has 2 N–H and O–H groups in total. The summed E-state index contributed by atoms with van der Waals surface area (Å²) in [7, 11) is 3.78. The van der Waals surface area contributed by atoms with E-state index in [1.165, 1.54) is 24.3 Å². The molecule has 2 aromatic heterocycles. The Hall–Kier alpha value is -4.62. The second-order valence-electron chi connectivity index (χ2n) is 14.3. The topological polar surface area (TPSA) is 89.9 Å². The van der Waals surface area contributed by atoms with Gasteiger partial charge in [-0.25, -0.2) is 18.2 Å². The van der Waals surface area contributed by atoms with E-state index in [0.717, 1.165) is 32.2 Å². The van der Waals surface area contributed by atoms with Crippen LogP contribution >= 0.6 is 0 Å². The number of nitrogens with zero attached hydrogens (tertiary/aromatic N) is 6. The van der Waals surface area contributed by atoms with E-state index >= 15 is 8.78 Å². The van der Waals surface area contributed by atoms with Crippen molar-refractivity contribution < 1.29 is 23.0 Å². The molecular formula is C38H38F3N7O2. The molecule has 2 aromatic carbocycles. The molecule has 2 unspecified atom stereocenters. The second-order valence-corrected chi connectivity index (χ2v) is 14.3. The highest BCUT2D eigenvalue weighted by atomic mass is 19.1. The number of ether oxygens (including phenoxy) is 1. The van der Waals surface area contributed by atoms with Gasteiger partial charge in [-0.3, -0.25) is 9.80 Å². The summed E-state index contributed by atoms with van der Waals surface area (Å²) in [5.74, 6) is 7.49. The normalized spacial score (nSPS) is 24.5. The van der Waals surface area contributed by atoms with Gasteiger partial charge in [0, 0.05) is 49.1 Å². The van der Waals surface area contributed by atoms with Gasteiger partial charge in [0.15, 0.2) is 5.82 Å². The number of anilines is 1. The largest absolute Gasteiger partial charge is 0.508 e. The lowest BCUT2D eigenvalue weighted by molar-refractivity contribution is 0.107. The smallest absolute Gasteiger partial charge is 0.319 e. The molecule has 9 nitrogen and oxygen atoms in total. The van der Waals surface area contributed by atoms with E-state index in [2.05, 4.69) is 37.9 Å². The van der Waals surface area contributed by atoms with Gasteiger partial charge < -0.3 is 20.1 Å². The van der Waals surface area contributed by atoms with Gasteiger partial charge in [0.2, 0.25) is 0 Å². The Kier molecular flexibility index (Phi) is 8.22. The van der Waals surface area contributed by atoms with Crippen molar-refractivity contribution in [2.45, 2.75) is 55.9 Å². The van der Waals surface area contributed by atoms with Crippen molar-refractivity contribution in [2.24, 2.45) is 0 Å². The van der Waals surface area contributed by atoms with Crippen LogP contribution in [0.3, 0.4) is 0 Å². The molecule has 4 aliphatic heterocycles. The molecule has 50 heavy (non-hydrogen) atoms. The van der Waals surface area contributed by atoms with E-state index in [1.807, 2.05) is 19.0 Å². The van der Waals surface area contributed by atoms with Crippen LogP contribution in [0.5, 0.6) is 11.8 Å². The highest BCUT2D eigenvalue weighted by Gasteiger charge is 2.49. The maximum Gasteiger partial charge on any atom is 0.319 e. The van der Waals surface area contributed by atoms with Crippen molar-refractivity contribution in [3.63, 3.8) is 0 Å². The molecule has 0 spiro atoms. The summed E-state index contributed by atoms with van der Waals surface area (Å²) >= 11 is 0. The van der Waals surface area contributed by atoms with Gasteiger partial charge in [0.05, 0.1) is 23.0 Å². The van der Waals surface area contributed by atoms with Crippen LogP contribution in [0.25, 0.3) is 32.9 Å². The predicted octanol–water partition coefficient (Wildman–Crippen LogP) is 4.62. The summed E-state index contributed by atoms with van der Waals surface area (Å²) in [5.41, 5.74) is -0.468. The lowest BCUT2D eigenvalue weighted by atomic mass is 9.95. The second kappa shape index (κ2) is 12.6. The molecule has 4 atom stereocenters. The first-order valence-electron chi connectivity index (χ1n) is 17.1. The number of terminal acetylenes is 1. The zero-order valence-corrected chi connectivity index (χ0v) is 28.1. The van der Waals surface area contributed by atoms with E-state index in [4.69, 9.17) is 21.1 Å². The van der Waals surface area contributed by atoms with Crippen molar-refractivity contribution in [1.82, 2.24) is 30.1 Å². The van der Waals surface area contributed by atoms with Gasteiger partial charge >= 0.3 is 6.01 Å². The van der Waals surface area contributed by atoms with Crippen LogP contribution in [0.2, 0.25) is 0 Å². The zero-order chi connectivity index (χ0) is 34.7. The number of rotatable bonds is 6. The molecular weight excluding hydrogens is 643 g/mol. The van der Waals surface area contributed by atoms with E-state index in [9.17, 15) is 9.50 Å². The number of hydrogen-bond donors (Lipinski definition) is 2. The quantitative estimate of drug-likeness (QED) is 0.283. The Morgan fingerprint density at radius 3 is 2.66 bits per heavy atom. The third kappa shape index (κ3) is 5.65. The van der Waals surface area contributed by atoms with E-state index in [0.29, 0.717) is 49.2 Å². The van der Waals surface area contributed by atoms with Crippen molar-refractivity contribution in [2.75, 3.05) is 58.3 Å². The minimum Gasteiger partial charge on any atom is -0.508 e. The van der Waals surface area contributed by atoms with Crippen LogP contribution in [0.1, 0.15) is 43.4 Å². The van der Waals surface area contributed by atoms with Gasteiger partial charge in [0.25, 0.3) is 0 Å². The third-order valence-corrected chi connectivity index (χ3v) is 10.5. The fourth-order valence-corrected chi connectivity index (χ4v) is 8.35. The number of hydrogen-bond acceptors (Lipinski definition) is 9. The average molecular weight is 682 g/mol. The molecule has 0 amide bonds. The lowest BCUT2D eigenvalue weighted by Gasteiger charge is -2.35. The van der Waals surface area contributed by atoms with Crippen molar-refractivity contribution in [3.05, 3.63) is 47.2 Å². The molecule has 4 saturated heterocycles. The molecule has 4 aromatic rings. The van der Waals surface area contributed by atoms with Gasteiger partial charge in [0.1, 0.15) is 47.1 Å². The Labute approximate surface area is 288 Å². The molecule has 0 aliphatic carbocycles. The Balaban J connectivity index is 1.36. The van der Waals surface area contributed by atoms with Gasteiger partial charge in [-0.1, -0.05) is 17.9 Å². The number of phenols is 1. The van der Waals surface area contributed by atoms with Crippen molar-refractivity contribution in [1.29, 1.82) is 0 Å². The van der Waals surface area contributed by atoms with E-state index < -0.39 is 23.3 Å². The zero-order valence-electron chi connectivity index (χ0n) is 28.1. The number of phenolic OH excluding ortho intramolecular Hbond substituents is 1. The van der Waals surface area contributed by atoms with Crippen LogP contribution in [-0.2, 0) is 0 Å². The number of pyridine rings is 1. The van der Waals surface area contributed by atoms with E-state index in [-0.39, 0.29) is 63.9 Å². The standard InChI is InChI=1S/C38H38F3N7O2/c1-4-27-29(40)11-8-22-15-26(49)16-28(31(22)27)34-33(41)35-32(30(43-34)7-5-13-46(2)3)36(47-19-24-9-10-25(20-47)42-24)45-37(44-35)50-21-38-12-6-14-48(38)18-23(39)17-38/h1,8,11,15-16,23-25,42,49H,6,9-10,12-14,17-21H2,2-3H3/t23-,24?,25?,38+/m1/s1. The molecule has 2 bridgehead atoms. The highest BCUT2D eigenvalue weighted by Crippen LogP contribution is 2.42. The number of piperazine rings is 1. The van der Waals surface area contributed by atoms with Crippen LogP contribution in [0.15, 0.2) is 24.3 Å². The summed E-state index contributed by atoms with van der Waals surface area (Å²) in [6, 6.07) is 5.92. The van der Waals surface area contributed by atoms with Gasteiger partial charge in [-0.05, 0) is 75.8 Å². The van der Waals surface area contributed by atoms with Crippen LogP contribution in [-0.4, -0.2) is 107 Å². The number of nitrogens with one attached hydrogen (secondary N) is 1. The minimum atomic E-state index is -0.937. The molecule has 0 saturated carbocycles. The molecule has 0 radical (unpaired) electrons. The van der Waals surface area contributed by atoms with Crippen molar-refractivity contribution in [3.8, 4) is 47.2 Å². The summed E-state index contributed by atoms with van der Waals surface area (Å²) in [6.07, 6.45) is 8.96. The first-order valence-corrected chi connectivity index (χ1v) is 17.1.